The summed E-state index contributed by atoms with van der Waals surface area (Å²) in [5, 5.41) is 11.4. The van der Waals surface area contributed by atoms with Crippen LogP contribution in [0, 0.1) is 12.7 Å². The summed E-state index contributed by atoms with van der Waals surface area (Å²) in [5.74, 6) is -0.668. The number of nitrogens with zero attached hydrogens (tertiary/aromatic N) is 6. The van der Waals surface area contributed by atoms with Crippen LogP contribution in [0.2, 0.25) is 5.02 Å². The van der Waals surface area contributed by atoms with Crippen LogP contribution in [0.1, 0.15) is 16.2 Å². The molecule has 0 atom stereocenters. The van der Waals surface area contributed by atoms with E-state index < -0.39 is 11.7 Å². The number of nitrogens with one attached hydrogen (secondary N) is 1. The molecule has 0 unspecified atom stereocenters. The lowest BCUT2D eigenvalue weighted by Gasteiger charge is -2.07. The van der Waals surface area contributed by atoms with Crippen LogP contribution in [0.3, 0.4) is 0 Å². The smallest absolute Gasteiger partial charge is 0.276 e. The molecule has 0 aliphatic heterocycles. The molecule has 5 aromatic rings. The fourth-order valence-corrected chi connectivity index (χ4v) is 3.42. The largest absolute Gasteiger partial charge is 0.318 e. The molecule has 0 saturated heterocycles. The number of carbonyl (C=O) groups excluding carboxylic acids is 1. The van der Waals surface area contributed by atoms with Crippen LogP contribution in [0.4, 0.5) is 10.1 Å². The number of hydrogen-bond donors (Lipinski definition) is 1. The number of amides is 1. The van der Waals surface area contributed by atoms with Gasteiger partial charge in [0.2, 0.25) is 0 Å². The molecule has 10 heteroatoms. The monoisotopic (exact) mass is 447 g/mol. The fraction of sp³-hybridized carbons (Fsp3) is 0.0455. The first-order valence-electron chi connectivity index (χ1n) is 9.58. The minimum Gasteiger partial charge on any atom is -0.318 e. The van der Waals surface area contributed by atoms with E-state index in [0.29, 0.717) is 17.2 Å². The number of anilines is 1. The van der Waals surface area contributed by atoms with E-state index in [1.54, 1.807) is 27.5 Å². The zero-order valence-corrected chi connectivity index (χ0v) is 17.5. The maximum atomic E-state index is 14.2. The Hall–Kier alpha value is -4.11. The molecule has 0 aliphatic carbocycles. The second-order valence-electron chi connectivity index (χ2n) is 7.02. The molecular weight excluding hydrogens is 433 g/mol. The molecule has 0 spiro atoms. The first kappa shape index (κ1) is 19.8. The number of pyridine rings is 2. The molecule has 8 nitrogen and oxygen atoms in total. The van der Waals surface area contributed by atoms with Crippen molar-refractivity contribution in [1.82, 2.24) is 29.4 Å². The van der Waals surface area contributed by atoms with E-state index in [9.17, 15) is 9.18 Å². The van der Waals surface area contributed by atoms with E-state index in [1.807, 2.05) is 31.2 Å². The SMILES string of the molecule is Cc1cccc(-n2nc(C(=O)Nc3ccc(Cl)cc3F)cc2-c2ccc3ncnn3c2)n1. The second-order valence-corrected chi connectivity index (χ2v) is 7.46. The molecule has 32 heavy (non-hydrogen) atoms. The summed E-state index contributed by atoms with van der Waals surface area (Å²) in [6.45, 7) is 1.87. The Labute approximate surface area is 186 Å². The van der Waals surface area contributed by atoms with E-state index in [0.717, 1.165) is 17.3 Å². The molecule has 4 aromatic heterocycles. The Morgan fingerprint density at radius 3 is 2.81 bits per heavy atom. The van der Waals surface area contributed by atoms with Crippen molar-refractivity contribution >= 4 is 28.8 Å². The van der Waals surface area contributed by atoms with Gasteiger partial charge in [-0.2, -0.15) is 10.2 Å². The van der Waals surface area contributed by atoms with Crippen molar-refractivity contribution in [3.63, 3.8) is 0 Å². The van der Waals surface area contributed by atoms with Gasteiger partial charge in [0, 0.05) is 22.5 Å². The second kappa shape index (κ2) is 7.86. The molecule has 0 saturated carbocycles. The van der Waals surface area contributed by atoms with Gasteiger partial charge in [0.05, 0.1) is 11.4 Å². The van der Waals surface area contributed by atoms with Gasteiger partial charge in [-0.25, -0.2) is 23.6 Å². The predicted molar refractivity (Wildman–Crippen MR) is 117 cm³/mol. The van der Waals surface area contributed by atoms with E-state index in [2.05, 4.69) is 25.5 Å². The van der Waals surface area contributed by atoms with Crippen molar-refractivity contribution in [2.45, 2.75) is 6.92 Å². The summed E-state index contributed by atoms with van der Waals surface area (Å²) in [6, 6.07) is 14.8. The third-order valence-corrected chi connectivity index (χ3v) is 5.02. The molecule has 5 rings (SSSR count). The Kier molecular flexibility index (Phi) is 4.87. The number of aromatic nitrogens is 6. The van der Waals surface area contributed by atoms with Crippen LogP contribution in [0.5, 0.6) is 0 Å². The number of carbonyl (C=O) groups is 1. The van der Waals surface area contributed by atoms with Crippen LogP contribution in [-0.2, 0) is 0 Å². The van der Waals surface area contributed by atoms with Gasteiger partial charge in [-0.15, -0.1) is 0 Å². The molecule has 0 fully saturated rings. The van der Waals surface area contributed by atoms with Crippen LogP contribution < -0.4 is 5.32 Å². The number of fused-ring (bicyclic) bond motifs is 1. The molecule has 1 N–H and O–H groups in total. The highest BCUT2D eigenvalue weighted by Crippen LogP contribution is 2.25. The van der Waals surface area contributed by atoms with Crippen molar-refractivity contribution < 1.29 is 9.18 Å². The molecule has 0 bridgehead atoms. The van der Waals surface area contributed by atoms with Gasteiger partial charge in [0.1, 0.15) is 12.1 Å². The molecule has 1 aromatic carbocycles. The maximum Gasteiger partial charge on any atom is 0.276 e. The lowest BCUT2D eigenvalue weighted by molar-refractivity contribution is 0.102. The van der Waals surface area contributed by atoms with Gasteiger partial charge in [0.25, 0.3) is 5.91 Å². The Morgan fingerprint density at radius 1 is 1.12 bits per heavy atom. The first-order chi connectivity index (χ1) is 15.5. The minimum absolute atomic E-state index is 0.00761. The van der Waals surface area contributed by atoms with Gasteiger partial charge in [-0.05, 0) is 55.5 Å². The van der Waals surface area contributed by atoms with Crippen LogP contribution in [0.15, 0.2) is 67.1 Å². The lowest BCUT2D eigenvalue weighted by Crippen LogP contribution is -2.14. The minimum atomic E-state index is -0.637. The summed E-state index contributed by atoms with van der Waals surface area (Å²) < 4.78 is 17.3. The fourth-order valence-electron chi connectivity index (χ4n) is 3.26. The first-order valence-corrected chi connectivity index (χ1v) is 9.96. The van der Waals surface area contributed by atoms with Crippen molar-refractivity contribution in [3.05, 3.63) is 89.3 Å². The third kappa shape index (κ3) is 3.69. The Bertz CT molecular complexity index is 1480. The topological polar surface area (TPSA) is 90.0 Å². The number of hydrogen-bond acceptors (Lipinski definition) is 5. The average molecular weight is 448 g/mol. The summed E-state index contributed by atoms with van der Waals surface area (Å²) >= 11 is 5.79. The quantitative estimate of drug-likeness (QED) is 0.443. The van der Waals surface area contributed by atoms with Crippen LogP contribution in [0.25, 0.3) is 22.7 Å². The predicted octanol–water partition coefficient (Wildman–Crippen LogP) is 4.33. The van der Waals surface area contributed by atoms with E-state index in [-0.39, 0.29) is 16.4 Å². The van der Waals surface area contributed by atoms with Crippen molar-refractivity contribution in [3.8, 4) is 17.1 Å². The molecule has 4 heterocycles. The standard InChI is InChI=1S/C22H15ClFN7O/c1-13-3-2-4-21(27-13)31-19(14-5-8-20-25-12-26-30(20)11-14)10-18(29-31)22(32)28-17-7-6-15(23)9-16(17)24/h2-12H,1H3,(H,28,32). The molecular formula is C22H15ClFN7O. The number of aryl methyl sites for hydroxylation is 1. The lowest BCUT2D eigenvalue weighted by atomic mass is 10.2. The summed E-state index contributed by atoms with van der Waals surface area (Å²) in [5.41, 5.74) is 2.94. The van der Waals surface area contributed by atoms with Gasteiger partial charge in [-0.1, -0.05) is 17.7 Å². The zero-order chi connectivity index (χ0) is 22.2. The number of halogens is 2. The summed E-state index contributed by atoms with van der Waals surface area (Å²) in [6.07, 6.45) is 3.24. The van der Waals surface area contributed by atoms with Crippen molar-refractivity contribution in [1.29, 1.82) is 0 Å². The van der Waals surface area contributed by atoms with E-state index in [1.165, 1.54) is 18.5 Å². The summed E-state index contributed by atoms with van der Waals surface area (Å²) in [4.78, 5) is 21.6. The van der Waals surface area contributed by atoms with E-state index >= 15 is 0 Å². The Balaban J connectivity index is 1.59. The summed E-state index contributed by atoms with van der Waals surface area (Å²) in [7, 11) is 0. The third-order valence-electron chi connectivity index (χ3n) is 4.78. The van der Waals surface area contributed by atoms with Crippen LogP contribution >= 0.6 is 11.6 Å². The highest BCUT2D eigenvalue weighted by Gasteiger charge is 2.19. The Morgan fingerprint density at radius 2 is 2.00 bits per heavy atom. The number of benzene rings is 1. The van der Waals surface area contributed by atoms with Crippen molar-refractivity contribution in [2.75, 3.05) is 5.32 Å². The molecule has 1 amide bonds. The van der Waals surface area contributed by atoms with Crippen LogP contribution in [-0.4, -0.2) is 35.3 Å². The highest BCUT2D eigenvalue weighted by atomic mass is 35.5. The average Bonchev–Trinajstić information content (AvgIpc) is 3.42. The number of rotatable bonds is 4. The molecule has 0 radical (unpaired) electrons. The zero-order valence-electron chi connectivity index (χ0n) is 16.7. The van der Waals surface area contributed by atoms with Gasteiger partial charge >= 0.3 is 0 Å². The highest BCUT2D eigenvalue weighted by molar-refractivity contribution is 6.30. The maximum absolute atomic E-state index is 14.2. The van der Waals surface area contributed by atoms with Gasteiger partial charge in [-0.3, -0.25) is 4.79 Å². The normalized spacial score (nSPS) is 11.1. The van der Waals surface area contributed by atoms with Gasteiger partial charge < -0.3 is 5.32 Å². The molecule has 0 aliphatic rings. The molecule has 158 valence electrons. The van der Waals surface area contributed by atoms with Crippen molar-refractivity contribution in [2.24, 2.45) is 0 Å². The van der Waals surface area contributed by atoms with Gasteiger partial charge in [0.15, 0.2) is 17.2 Å². The van der Waals surface area contributed by atoms with E-state index in [4.69, 9.17) is 11.6 Å².